The van der Waals surface area contributed by atoms with Crippen LogP contribution in [-0.2, 0) is 10.2 Å². The molecule has 0 spiro atoms. The Balaban J connectivity index is 1.36. The van der Waals surface area contributed by atoms with Crippen LogP contribution in [0, 0.1) is 0 Å². The van der Waals surface area contributed by atoms with Crippen molar-refractivity contribution in [3.8, 4) is 0 Å². The molecule has 2 N–H and O–H groups in total. The molecule has 2 aromatic carbocycles. The van der Waals surface area contributed by atoms with E-state index in [0.717, 1.165) is 51.3 Å². The van der Waals surface area contributed by atoms with Crippen LogP contribution in [0.4, 0.5) is 4.79 Å². The number of carbonyl (C=O) groups is 1. The number of hydrogen-bond acceptors (Lipinski definition) is 3. The van der Waals surface area contributed by atoms with Gasteiger partial charge in [0.25, 0.3) is 0 Å². The molecule has 1 saturated heterocycles. The van der Waals surface area contributed by atoms with Gasteiger partial charge in [0.2, 0.25) is 0 Å². The fourth-order valence-electron chi connectivity index (χ4n) is 3.93. The summed E-state index contributed by atoms with van der Waals surface area (Å²) < 4.78 is 5.45. The highest BCUT2D eigenvalue weighted by Crippen LogP contribution is 2.47. The Morgan fingerprint density at radius 1 is 1.00 bits per heavy atom. The van der Waals surface area contributed by atoms with Gasteiger partial charge in [0.15, 0.2) is 0 Å². The van der Waals surface area contributed by atoms with Gasteiger partial charge in [-0.1, -0.05) is 60.7 Å². The molecule has 4 rings (SSSR count). The van der Waals surface area contributed by atoms with E-state index in [4.69, 9.17) is 4.74 Å². The van der Waals surface area contributed by atoms with Gasteiger partial charge in [0.1, 0.15) is 0 Å². The number of nitrogens with one attached hydrogen (secondary N) is 2. The number of amides is 2. The zero-order valence-electron chi connectivity index (χ0n) is 16.3. The number of nitrogens with zero attached hydrogens (tertiary/aromatic N) is 1. The molecule has 0 aromatic heterocycles. The predicted molar refractivity (Wildman–Crippen MR) is 110 cm³/mol. The van der Waals surface area contributed by atoms with Crippen LogP contribution in [-0.4, -0.2) is 50.3 Å². The van der Waals surface area contributed by atoms with Crippen molar-refractivity contribution in [2.75, 3.05) is 39.4 Å². The van der Waals surface area contributed by atoms with Crippen molar-refractivity contribution in [1.82, 2.24) is 15.5 Å². The summed E-state index contributed by atoms with van der Waals surface area (Å²) in [5.41, 5.74) is 2.57. The first-order chi connectivity index (χ1) is 13.8. The van der Waals surface area contributed by atoms with Gasteiger partial charge in [-0.2, -0.15) is 0 Å². The maximum absolute atomic E-state index is 12.7. The summed E-state index contributed by atoms with van der Waals surface area (Å²) in [4.78, 5) is 15.1. The molecule has 1 atom stereocenters. The van der Waals surface area contributed by atoms with Gasteiger partial charge >= 0.3 is 6.03 Å². The van der Waals surface area contributed by atoms with Crippen LogP contribution in [0.25, 0.3) is 0 Å². The quantitative estimate of drug-likeness (QED) is 0.777. The van der Waals surface area contributed by atoms with Gasteiger partial charge in [0, 0.05) is 31.6 Å². The zero-order valence-corrected chi connectivity index (χ0v) is 16.3. The van der Waals surface area contributed by atoms with E-state index in [1.54, 1.807) is 0 Å². The summed E-state index contributed by atoms with van der Waals surface area (Å²) in [6, 6.07) is 20.6. The SMILES string of the molecule is O=C(NCC1(c2ccccc2)CC1)N[C@@H](CN1CCOCC1)c1ccccc1. The second-order valence-electron chi connectivity index (χ2n) is 7.85. The summed E-state index contributed by atoms with van der Waals surface area (Å²) in [6.45, 7) is 4.81. The van der Waals surface area contributed by atoms with Crippen molar-refractivity contribution in [2.24, 2.45) is 0 Å². The third-order valence-corrected chi connectivity index (χ3v) is 5.88. The Labute approximate surface area is 167 Å². The minimum absolute atomic E-state index is 0.0359. The van der Waals surface area contributed by atoms with E-state index in [2.05, 4.69) is 51.9 Å². The van der Waals surface area contributed by atoms with Crippen molar-refractivity contribution in [3.05, 3.63) is 71.8 Å². The molecule has 28 heavy (non-hydrogen) atoms. The first kappa shape index (κ1) is 19.0. The monoisotopic (exact) mass is 379 g/mol. The molecule has 1 aliphatic carbocycles. The predicted octanol–water partition coefficient (Wildman–Crippen LogP) is 3.09. The van der Waals surface area contributed by atoms with Crippen LogP contribution in [0.1, 0.15) is 30.0 Å². The summed E-state index contributed by atoms with van der Waals surface area (Å²) in [7, 11) is 0. The number of carbonyl (C=O) groups excluding carboxylic acids is 1. The van der Waals surface area contributed by atoms with Crippen molar-refractivity contribution >= 4 is 6.03 Å². The van der Waals surface area contributed by atoms with Crippen molar-refractivity contribution in [3.63, 3.8) is 0 Å². The highest BCUT2D eigenvalue weighted by molar-refractivity contribution is 5.74. The normalized spacial score (nSPS) is 19.6. The number of hydrogen-bond donors (Lipinski definition) is 2. The molecule has 2 amide bonds. The molecule has 2 aromatic rings. The van der Waals surface area contributed by atoms with Crippen LogP contribution >= 0.6 is 0 Å². The minimum Gasteiger partial charge on any atom is -0.379 e. The molecule has 148 valence electrons. The maximum Gasteiger partial charge on any atom is 0.315 e. The molecule has 2 aliphatic rings. The second-order valence-corrected chi connectivity index (χ2v) is 7.85. The summed E-state index contributed by atoms with van der Waals surface area (Å²) >= 11 is 0. The minimum atomic E-state index is -0.0932. The Hall–Kier alpha value is -2.37. The summed E-state index contributed by atoms with van der Waals surface area (Å²) in [5, 5.41) is 6.33. The van der Waals surface area contributed by atoms with Crippen LogP contribution in [0.15, 0.2) is 60.7 Å². The van der Waals surface area contributed by atoms with E-state index >= 15 is 0 Å². The molecule has 0 radical (unpaired) electrons. The number of rotatable bonds is 7. The molecule has 1 saturated carbocycles. The average molecular weight is 380 g/mol. The molecule has 2 fully saturated rings. The highest BCUT2D eigenvalue weighted by atomic mass is 16.5. The van der Waals surface area contributed by atoms with Crippen LogP contribution < -0.4 is 10.6 Å². The largest absolute Gasteiger partial charge is 0.379 e. The lowest BCUT2D eigenvalue weighted by Crippen LogP contribution is -2.46. The van der Waals surface area contributed by atoms with Gasteiger partial charge < -0.3 is 15.4 Å². The van der Waals surface area contributed by atoms with Crippen LogP contribution in [0.5, 0.6) is 0 Å². The zero-order chi connectivity index (χ0) is 19.2. The van der Waals surface area contributed by atoms with E-state index in [-0.39, 0.29) is 17.5 Å². The van der Waals surface area contributed by atoms with Crippen LogP contribution in [0.2, 0.25) is 0 Å². The maximum atomic E-state index is 12.7. The smallest absolute Gasteiger partial charge is 0.315 e. The van der Waals surface area contributed by atoms with Gasteiger partial charge in [-0.3, -0.25) is 4.90 Å². The van der Waals surface area contributed by atoms with Crippen molar-refractivity contribution in [1.29, 1.82) is 0 Å². The highest BCUT2D eigenvalue weighted by Gasteiger charge is 2.44. The summed E-state index contributed by atoms with van der Waals surface area (Å²) in [6.07, 6.45) is 2.26. The number of morpholine rings is 1. The summed E-state index contributed by atoms with van der Waals surface area (Å²) in [5.74, 6) is 0. The molecule has 1 heterocycles. The fraction of sp³-hybridized carbons (Fsp3) is 0.435. The second kappa shape index (κ2) is 8.76. The Kier molecular flexibility index (Phi) is 5.93. The molecule has 0 unspecified atom stereocenters. The van der Waals surface area contributed by atoms with E-state index in [1.807, 2.05) is 24.3 Å². The first-order valence-electron chi connectivity index (χ1n) is 10.2. The Morgan fingerprint density at radius 2 is 1.64 bits per heavy atom. The molecule has 0 bridgehead atoms. The van der Waals surface area contributed by atoms with Crippen molar-refractivity contribution in [2.45, 2.75) is 24.3 Å². The van der Waals surface area contributed by atoms with Gasteiger partial charge in [-0.25, -0.2) is 4.79 Å². The molecular weight excluding hydrogens is 350 g/mol. The van der Waals surface area contributed by atoms with E-state index in [9.17, 15) is 4.79 Å². The van der Waals surface area contributed by atoms with Gasteiger partial charge in [-0.05, 0) is 24.0 Å². The number of urea groups is 1. The molecule has 1 aliphatic heterocycles. The van der Waals surface area contributed by atoms with E-state index in [1.165, 1.54) is 5.56 Å². The third-order valence-electron chi connectivity index (χ3n) is 5.88. The van der Waals surface area contributed by atoms with Gasteiger partial charge in [-0.15, -0.1) is 0 Å². The standard InChI is InChI=1S/C23H29N3O2/c27-22(24-18-23(11-12-23)20-9-5-2-6-10-20)25-21(19-7-3-1-4-8-19)17-26-13-15-28-16-14-26/h1-10,21H,11-18H2,(H2,24,25,27)/t21-/m0/s1. The fourth-order valence-corrected chi connectivity index (χ4v) is 3.93. The average Bonchev–Trinajstić information content (AvgIpc) is 3.55. The lowest BCUT2D eigenvalue weighted by Gasteiger charge is -2.31. The van der Waals surface area contributed by atoms with Crippen LogP contribution in [0.3, 0.4) is 0 Å². The van der Waals surface area contributed by atoms with E-state index in [0.29, 0.717) is 6.54 Å². The van der Waals surface area contributed by atoms with E-state index < -0.39 is 0 Å². The van der Waals surface area contributed by atoms with Crippen molar-refractivity contribution < 1.29 is 9.53 Å². The number of benzene rings is 2. The number of ether oxygens (including phenoxy) is 1. The first-order valence-corrected chi connectivity index (χ1v) is 10.2. The lowest BCUT2D eigenvalue weighted by atomic mass is 9.96. The Bertz CT molecular complexity index is 756. The van der Waals surface area contributed by atoms with Gasteiger partial charge in [0.05, 0.1) is 19.3 Å². The topological polar surface area (TPSA) is 53.6 Å². The molecule has 5 nitrogen and oxygen atoms in total. The third kappa shape index (κ3) is 4.72. The molecule has 5 heteroatoms. The lowest BCUT2D eigenvalue weighted by molar-refractivity contribution is 0.0339. The molecular formula is C23H29N3O2. The Morgan fingerprint density at radius 3 is 2.29 bits per heavy atom.